The van der Waals surface area contributed by atoms with Gasteiger partial charge in [0.2, 0.25) is 0 Å². The van der Waals surface area contributed by atoms with Crippen molar-refractivity contribution >= 4 is 23.5 Å². The Kier molecular flexibility index (Phi) is 5.28. The standard InChI is InChI=1S/C21H16N2O4/c24-19(15-9-3-1-4-10-15)22-23(20(25)16-11-5-2-6-12-16)18-14-8-7-13-17(18)21(26)27/h1-14H,(H,22,24)(H,26,27). The zero-order chi connectivity index (χ0) is 19.2. The second-order valence-electron chi connectivity index (χ2n) is 5.64. The number of amides is 2. The molecule has 0 atom stereocenters. The Bertz CT molecular complexity index is 972. The number of benzene rings is 3. The molecule has 0 aliphatic heterocycles. The molecule has 0 radical (unpaired) electrons. The van der Waals surface area contributed by atoms with E-state index in [1.165, 1.54) is 12.1 Å². The van der Waals surface area contributed by atoms with Crippen molar-refractivity contribution in [3.8, 4) is 0 Å². The summed E-state index contributed by atoms with van der Waals surface area (Å²) in [6.07, 6.45) is 0. The van der Waals surface area contributed by atoms with E-state index in [-0.39, 0.29) is 11.3 Å². The largest absolute Gasteiger partial charge is 0.478 e. The normalized spacial score (nSPS) is 10.1. The van der Waals surface area contributed by atoms with E-state index in [1.807, 2.05) is 0 Å². The number of hydrogen-bond donors (Lipinski definition) is 2. The summed E-state index contributed by atoms with van der Waals surface area (Å²) in [4.78, 5) is 37.2. The van der Waals surface area contributed by atoms with E-state index in [4.69, 9.17) is 0 Å². The molecule has 3 rings (SSSR count). The highest BCUT2D eigenvalue weighted by atomic mass is 16.4. The Hall–Kier alpha value is -3.93. The van der Waals surface area contributed by atoms with Crippen LogP contribution in [0, 0.1) is 0 Å². The smallest absolute Gasteiger partial charge is 0.337 e. The number of carbonyl (C=O) groups excluding carboxylic acids is 2. The number of carboxylic acid groups (broad SMARTS) is 1. The van der Waals surface area contributed by atoms with Gasteiger partial charge in [0, 0.05) is 11.1 Å². The van der Waals surface area contributed by atoms with Crippen molar-refractivity contribution in [2.24, 2.45) is 0 Å². The molecule has 0 heterocycles. The third-order valence-electron chi connectivity index (χ3n) is 3.85. The van der Waals surface area contributed by atoms with E-state index in [0.29, 0.717) is 11.1 Å². The molecule has 3 aromatic rings. The van der Waals surface area contributed by atoms with Crippen LogP contribution in [0.2, 0.25) is 0 Å². The second kappa shape index (κ2) is 7.97. The molecule has 0 aromatic heterocycles. The topological polar surface area (TPSA) is 86.7 Å². The number of hydrogen-bond acceptors (Lipinski definition) is 3. The van der Waals surface area contributed by atoms with Crippen LogP contribution in [0.1, 0.15) is 31.1 Å². The molecule has 134 valence electrons. The molecule has 0 aliphatic carbocycles. The van der Waals surface area contributed by atoms with Crippen molar-refractivity contribution in [2.75, 3.05) is 5.01 Å². The van der Waals surface area contributed by atoms with Gasteiger partial charge in [-0.1, -0.05) is 48.5 Å². The van der Waals surface area contributed by atoms with Crippen molar-refractivity contribution in [3.05, 3.63) is 102 Å². The summed E-state index contributed by atoms with van der Waals surface area (Å²) >= 11 is 0. The van der Waals surface area contributed by atoms with Gasteiger partial charge in [-0.05, 0) is 36.4 Å². The summed E-state index contributed by atoms with van der Waals surface area (Å²) in [5.74, 6) is -2.28. The van der Waals surface area contributed by atoms with Gasteiger partial charge in [0.1, 0.15) is 0 Å². The summed E-state index contributed by atoms with van der Waals surface area (Å²) in [5, 5.41) is 10.4. The first-order chi connectivity index (χ1) is 13.1. The third-order valence-corrected chi connectivity index (χ3v) is 3.85. The molecule has 2 N–H and O–H groups in total. The average Bonchev–Trinajstić information content (AvgIpc) is 2.72. The number of hydrazine groups is 1. The number of aromatic carboxylic acids is 1. The zero-order valence-electron chi connectivity index (χ0n) is 14.2. The van der Waals surface area contributed by atoms with Gasteiger partial charge in [-0.2, -0.15) is 0 Å². The molecular formula is C21H16N2O4. The summed E-state index contributed by atoms with van der Waals surface area (Å²) in [6, 6.07) is 22.7. The Balaban J connectivity index is 2.03. The van der Waals surface area contributed by atoms with Gasteiger partial charge < -0.3 is 5.11 Å². The minimum Gasteiger partial charge on any atom is -0.478 e. The molecule has 2 amide bonds. The first-order valence-electron chi connectivity index (χ1n) is 8.16. The summed E-state index contributed by atoms with van der Waals surface area (Å²) in [5.41, 5.74) is 3.15. The van der Waals surface area contributed by atoms with E-state index in [9.17, 15) is 19.5 Å². The van der Waals surface area contributed by atoms with Gasteiger partial charge in [0.25, 0.3) is 11.8 Å². The zero-order valence-corrected chi connectivity index (χ0v) is 14.2. The molecule has 0 saturated carbocycles. The number of anilines is 1. The van der Waals surface area contributed by atoms with E-state index in [1.54, 1.807) is 72.8 Å². The van der Waals surface area contributed by atoms with Crippen molar-refractivity contribution in [1.82, 2.24) is 5.43 Å². The van der Waals surface area contributed by atoms with Crippen LogP contribution in [0.5, 0.6) is 0 Å². The lowest BCUT2D eigenvalue weighted by Gasteiger charge is -2.25. The predicted octanol–water partition coefficient (Wildman–Crippen LogP) is 3.38. The molecule has 0 bridgehead atoms. The van der Waals surface area contributed by atoms with Crippen molar-refractivity contribution in [2.45, 2.75) is 0 Å². The highest BCUT2D eigenvalue weighted by Crippen LogP contribution is 2.21. The molecule has 0 fully saturated rings. The minimum absolute atomic E-state index is 0.0723. The van der Waals surface area contributed by atoms with Gasteiger partial charge in [-0.25, -0.2) is 9.80 Å². The van der Waals surface area contributed by atoms with Crippen LogP contribution in [0.4, 0.5) is 5.69 Å². The Morgan fingerprint density at radius 1 is 0.704 bits per heavy atom. The van der Waals surface area contributed by atoms with Gasteiger partial charge in [0.05, 0.1) is 11.3 Å². The van der Waals surface area contributed by atoms with E-state index < -0.39 is 17.8 Å². The Labute approximate surface area is 155 Å². The van der Waals surface area contributed by atoms with Crippen LogP contribution in [-0.4, -0.2) is 22.9 Å². The number of nitrogens with one attached hydrogen (secondary N) is 1. The maximum Gasteiger partial charge on any atom is 0.337 e. The molecule has 0 aliphatic rings. The maximum atomic E-state index is 13.0. The SMILES string of the molecule is O=C(NN(C(=O)c1ccccc1)c1ccccc1C(=O)O)c1ccccc1. The van der Waals surface area contributed by atoms with Crippen molar-refractivity contribution < 1.29 is 19.5 Å². The quantitative estimate of drug-likeness (QED) is 0.699. The van der Waals surface area contributed by atoms with Gasteiger partial charge >= 0.3 is 5.97 Å². The minimum atomic E-state index is -1.20. The van der Waals surface area contributed by atoms with Crippen LogP contribution >= 0.6 is 0 Å². The maximum absolute atomic E-state index is 13.0. The van der Waals surface area contributed by atoms with Crippen molar-refractivity contribution in [1.29, 1.82) is 0 Å². The first kappa shape index (κ1) is 17.9. The van der Waals surface area contributed by atoms with Crippen LogP contribution in [0.25, 0.3) is 0 Å². The molecule has 6 nitrogen and oxygen atoms in total. The Morgan fingerprint density at radius 3 is 1.81 bits per heavy atom. The molecule has 0 saturated heterocycles. The summed E-state index contributed by atoms with van der Waals surface area (Å²) in [7, 11) is 0. The number of carbonyl (C=O) groups is 3. The van der Waals surface area contributed by atoms with Gasteiger partial charge in [-0.3, -0.25) is 15.0 Å². The summed E-state index contributed by atoms with van der Waals surface area (Å²) in [6.45, 7) is 0. The molecule has 27 heavy (non-hydrogen) atoms. The number of nitrogens with zero attached hydrogens (tertiary/aromatic N) is 1. The number of para-hydroxylation sites is 1. The fraction of sp³-hybridized carbons (Fsp3) is 0. The van der Waals surface area contributed by atoms with Crippen LogP contribution in [0.15, 0.2) is 84.9 Å². The molecule has 3 aromatic carbocycles. The first-order valence-corrected chi connectivity index (χ1v) is 8.16. The summed E-state index contributed by atoms with van der Waals surface area (Å²) < 4.78 is 0. The molecular weight excluding hydrogens is 344 g/mol. The number of carboxylic acids is 1. The molecule has 6 heteroatoms. The van der Waals surface area contributed by atoms with E-state index >= 15 is 0 Å². The fourth-order valence-electron chi connectivity index (χ4n) is 2.54. The van der Waals surface area contributed by atoms with E-state index in [2.05, 4.69) is 5.43 Å². The van der Waals surface area contributed by atoms with E-state index in [0.717, 1.165) is 5.01 Å². The molecule has 0 spiro atoms. The lowest BCUT2D eigenvalue weighted by molar-refractivity contribution is 0.0696. The number of rotatable bonds is 4. The lowest BCUT2D eigenvalue weighted by Crippen LogP contribution is -2.47. The van der Waals surface area contributed by atoms with Gasteiger partial charge in [0.15, 0.2) is 0 Å². The lowest BCUT2D eigenvalue weighted by atomic mass is 10.1. The Morgan fingerprint density at radius 2 is 1.22 bits per heavy atom. The second-order valence-corrected chi connectivity index (χ2v) is 5.64. The average molecular weight is 360 g/mol. The third kappa shape index (κ3) is 4.01. The molecule has 0 unspecified atom stereocenters. The predicted molar refractivity (Wildman–Crippen MR) is 101 cm³/mol. The van der Waals surface area contributed by atoms with Crippen LogP contribution in [0.3, 0.4) is 0 Å². The highest BCUT2D eigenvalue weighted by Gasteiger charge is 2.24. The van der Waals surface area contributed by atoms with Gasteiger partial charge in [-0.15, -0.1) is 0 Å². The highest BCUT2D eigenvalue weighted by molar-refractivity contribution is 6.11. The van der Waals surface area contributed by atoms with Crippen molar-refractivity contribution in [3.63, 3.8) is 0 Å². The fourth-order valence-corrected chi connectivity index (χ4v) is 2.54. The monoisotopic (exact) mass is 360 g/mol. The van der Waals surface area contributed by atoms with Crippen LogP contribution < -0.4 is 10.4 Å². The van der Waals surface area contributed by atoms with Crippen LogP contribution in [-0.2, 0) is 0 Å².